The summed E-state index contributed by atoms with van der Waals surface area (Å²) in [5.74, 6) is -5.88. The zero-order valence-corrected chi connectivity index (χ0v) is 17.4. The van der Waals surface area contributed by atoms with Gasteiger partial charge in [0.15, 0.2) is 34.6 Å². The Morgan fingerprint density at radius 2 is 0.844 bits per heavy atom. The lowest BCUT2D eigenvalue weighted by molar-refractivity contribution is -0.134. The molecule has 0 aromatic heterocycles. The zero-order valence-electron chi connectivity index (χ0n) is 17.4. The van der Waals surface area contributed by atoms with Crippen molar-refractivity contribution in [1.29, 1.82) is 0 Å². The molecule has 2 aromatic carbocycles. The monoisotopic (exact) mass is 440 g/mol. The van der Waals surface area contributed by atoms with Gasteiger partial charge >= 0.3 is 23.9 Å². The van der Waals surface area contributed by atoms with Gasteiger partial charge in [0.25, 0.3) is 0 Å². The second kappa shape index (κ2) is 8.42. The Bertz CT molecular complexity index is 1130. The van der Waals surface area contributed by atoms with E-state index in [0.717, 1.165) is 27.7 Å². The summed E-state index contributed by atoms with van der Waals surface area (Å²) in [4.78, 5) is 72.8. The van der Waals surface area contributed by atoms with Gasteiger partial charge in [-0.3, -0.25) is 28.8 Å². The molecule has 1 aliphatic carbocycles. The van der Waals surface area contributed by atoms with Gasteiger partial charge in [0.2, 0.25) is 0 Å². The molecule has 164 valence electrons. The lowest BCUT2D eigenvalue weighted by Gasteiger charge is -2.23. The van der Waals surface area contributed by atoms with Gasteiger partial charge in [-0.25, -0.2) is 0 Å². The fourth-order valence-electron chi connectivity index (χ4n) is 3.19. The number of ketones is 2. The Kier molecular flexibility index (Phi) is 5.88. The van der Waals surface area contributed by atoms with E-state index in [2.05, 4.69) is 0 Å². The lowest BCUT2D eigenvalue weighted by atomic mass is 9.82. The number of benzene rings is 2. The normalized spacial score (nSPS) is 11.8. The fraction of sp³-hybridized carbons (Fsp3) is 0.182. The molecule has 0 saturated heterocycles. The summed E-state index contributed by atoms with van der Waals surface area (Å²) >= 11 is 0. The molecular formula is C22H16O10. The topological polar surface area (TPSA) is 139 Å². The highest BCUT2D eigenvalue weighted by Crippen LogP contribution is 2.44. The highest BCUT2D eigenvalue weighted by Gasteiger charge is 2.38. The van der Waals surface area contributed by atoms with Crippen LogP contribution in [-0.4, -0.2) is 35.4 Å². The van der Waals surface area contributed by atoms with E-state index in [9.17, 15) is 28.8 Å². The van der Waals surface area contributed by atoms with Gasteiger partial charge in [-0.1, -0.05) is 0 Å². The number of rotatable bonds is 4. The molecule has 0 fully saturated rings. The van der Waals surface area contributed by atoms with E-state index in [1.165, 1.54) is 24.3 Å². The molecule has 0 amide bonds. The predicted octanol–water partition coefficient (Wildman–Crippen LogP) is 2.16. The van der Waals surface area contributed by atoms with Gasteiger partial charge in [-0.2, -0.15) is 0 Å². The third-order valence-electron chi connectivity index (χ3n) is 4.19. The van der Waals surface area contributed by atoms with E-state index in [4.69, 9.17) is 18.9 Å². The van der Waals surface area contributed by atoms with Crippen molar-refractivity contribution in [3.63, 3.8) is 0 Å². The Morgan fingerprint density at radius 3 is 1.12 bits per heavy atom. The van der Waals surface area contributed by atoms with Crippen LogP contribution in [0.25, 0.3) is 0 Å². The van der Waals surface area contributed by atoms with Crippen LogP contribution >= 0.6 is 0 Å². The Hall–Kier alpha value is -4.34. The van der Waals surface area contributed by atoms with Crippen LogP contribution in [0.1, 0.15) is 59.5 Å². The Labute approximate surface area is 181 Å². The summed E-state index contributed by atoms with van der Waals surface area (Å²) in [5, 5.41) is 0. The maximum atomic E-state index is 13.3. The van der Waals surface area contributed by atoms with Crippen molar-refractivity contribution in [2.45, 2.75) is 27.7 Å². The molecule has 10 nitrogen and oxygen atoms in total. The average Bonchev–Trinajstić information content (AvgIpc) is 2.67. The van der Waals surface area contributed by atoms with Gasteiger partial charge in [0.05, 0.1) is 11.1 Å². The summed E-state index contributed by atoms with van der Waals surface area (Å²) in [6.45, 7) is 4.37. The van der Waals surface area contributed by atoms with E-state index >= 15 is 0 Å². The minimum atomic E-state index is -0.816. The molecule has 0 radical (unpaired) electrons. The second-order valence-electron chi connectivity index (χ2n) is 6.66. The van der Waals surface area contributed by atoms with Crippen LogP contribution in [0.4, 0.5) is 0 Å². The number of carbonyl (C=O) groups is 6. The van der Waals surface area contributed by atoms with Gasteiger partial charge < -0.3 is 18.9 Å². The number of carbonyl (C=O) groups excluding carboxylic acids is 6. The highest BCUT2D eigenvalue weighted by molar-refractivity contribution is 6.31. The van der Waals surface area contributed by atoms with Crippen molar-refractivity contribution in [2.75, 3.05) is 0 Å². The molecule has 32 heavy (non-hydrogen) atoms. The van der Waals surface area contributed by atoms with Crippen LogP contribution in [0.15, 0.2) is 24.3 Å². The minimum absolute atomic E-state index is 0.192. The molecule has 0 bridgehead atoms. The number of esters is 4. The van der Waals surface area contributed by atoms with Crippen LogP contribution < -0.4 is 18.9 Å². The Balaban J connectivity index is 2.30. The molecule has 3 rings (SSSR count). The van der Waals surface area contributed by atoms with E-state index < -0.39 is 46.9 Å². The third-order valence-corrected chi connectivity index (χ3v) is 4.19. The van der Waals surface area contributed by atoms with Crippen LogP contribution in [0.3, 0.4) is 0 Å². The summed E-state index contributed by atoms with van der Waals surface area (Å²) in [6, 6.07) is 4.80. The summed E-state index contributed by atoms with van der Waals surface area (Å²) in [7, 11) is 0. The van der Waals surface area contributed by atoms with Gasteiger partial charge in [-0.05, 0) is 24.3 Å². The summed E-state index contributed by atoms with van der Waals surface area (Å²) < 4.78 is 20.2. The fourth-order valence-corrected chi connectivity index (χ4v) is 3.19. The van der Waals surface area contributed by atoms with Crippen LogP contribution in [0, 0.1) is 0 Å². The molecule has 2 aromatic rings. The van der Waals surface area contributed by atoms with Crippen LogP contribution in [0.2, 0.25) is 0 Å². The first-order chi connectivity index (χ1) is 15.0. The Morgan fingerprint density at radius 1 is 0.531 bits per heavy atom. The summed E-state index contributed by atoms with van der Waals surface area (Å²) in [5.41, 5.74) is -0.984. The van der Waals surface area contributed by atoms with Crippen molar-refractivity contribution in [1.82, 2.24) is 0 Å². The molecule has 0 aliphatic heterocycles. The van der Waals surface area contributed by atoms with Crippen molar-refractivity contribution in [3.05, 3.63) is 46.5 Å². The lowest BCUT2D eigenvalue weighted by Crippen LogP contribution is -2.25. The van der Waals surface area contributed by atoms with Crippen LogP contribution in [0.5, 0.6) is 23.0 Å². The van der Waals surface area contributed by atoms with Gasteiger partial charge in [0, 0.05) is 38.8 Å². The molecule has 1 aliphatic rings. The van der Waals surface area contributed by atoms with Crippen LogP contribution in [-0.2, 0) is 19.2 Å². The highest BCUT2D eigenvalue weighted by atomic mass is 16.6. The van der Waals surface area contributed by atoms with Crippen molar-refractivity contribution in [2.24, 2.45) is 0 Å². The number of hydrogen-bond acceptors (Lipinski definition) is 10. The molecule has 0 atom stereocenters. The first-order valence-electron chi connectivity index (χ1n) is 9.18. The van der Waals surface area contributed by atoms with Crippen molar-refractivity contribution in [3.8, 4) is 23.0 Å². The molecule has 0 heterocycles. The first-order valence-corrected chi connectivity index (χ1v) is 9.18. The van der Waals surface area contributed by atoms with Crippen molar-refractivity contribution >= 4 is 35.4 Å². The largest absolute Gasteiger partial charge is 0.423 e. The number of ether oxygens (including phenoxy) is 4. The van der Waals surface area contributed by atoms with E-state index in [1.54, 1.807) is 0 Å². The zero-order chi connectivity index (χ0) is 23.7. The number of hydrogen-bond donors (Lipinski definition) is 0. The maximum absolute atomic E-state index is 13.3. The molecular weight excluding hydrogens is 424 g/mol. The van der Waals surface area contributed by atoms with E-state index in [-0.39, 0.29) is 33.8 Å². The average molecular weight is 440 g/mol. The standard InChI is InChI=1S/C22H16O10/c1-9(23)29-15-7-5-13-17(21(15)31-11(3)25)19(27)14-6-8-16(30-10(2)24)22(32-12(4)26)18(14)20(13)28/h5-8H,1-4H3. The second-order valence-corrected chi connectivity index (χ2v) is 6.66. The van der Waals surface area contributed by atoms with E-state index in [0.29, 0.717) is 0 Å². The van der Waals surface area contributed by atoms with Gasteiger partial charge in [0.1, 0.15) is 0 Å². The quantitative estimate of drug-likeness (QED) is 0.438. The first kappa shape index (κ1) is 22.3. The van der Waals surface area contributed by atoms with Gasteiger partial charge in [-0.15, -0.1) is 0 Å². The SMILES string of the molecule is CC(=O)Oc1ccc2c(c1OC(C)=O)C(=O)c1ccc(OC(C)=O)c(OC(C)=O)c1C2=O. The smallest absolute Gasteiger partial charge is 0.308 e. The third kappa shape index (κ3) is 4.10. The molecule has 0 N–H and O–H groups in total. The summed E-state index contributed by atoms with van der Waals surface area (Å²) in [6.07, 6.45) is 0. The minimum Gasteiger partial charge on any atom is -0.423 e. The predicted molar refractivity (Wildman–Crippen MR) is 105 cm³/mol. The number of fused-ring (bicyclic) bond motifs is 2. The molecule has 0 spiro atoms. The van der Waals surface area contributed by atoms with Crippen molar-refractivity contribution < 1.29 is 47.7 Å². The maximum Gasteiger partial charge on any atom is 0.308 e. The molecule has 10 heteroatoms. The van der Waals surface area contributed by atoms with E-state index in [1.807, 2.05) is 0 Å². The molecule has 0 unspecified atom stereocenters. The molecule has 0 saturated carbocycles.